The van der Waals surface area contributed by atoms with Crippen LogP contribution in [0.1, 0.15) is 54.9 Å². The summed E-state index contributed by atoms with van der Waals surface area (Å²) in [5.41, 5.74) is -1.01. The van der Waals surface area contributed by atoms with Crippen molar-refractivity contribution in [2.24, 2.45) is 0 Å². The molecule has 1 unspecified atom stereocenters. The van der Waals surface area contributed by atoms with Crippen LogP contribution in [0.5, 0.6) is 0 Å². The van der Waals surface area contributed by atoms with E-state index < -0.39 is 29.2 Å². The van der Waals surface area contributed by atoms with E-state index in [1.54, 1.807) is 20.8 Å². The minimum Gasteiger partial charge on any atom is -0.458 e. The smallest absolute Gasteiger partial charge is 0.331 e. The van der Waals surface area contributed by atoms with E-state index in [1.165, 1.54) is 0 Å². The molecule has 124 valence electrons. The Hall–Kier alpha value is -1.30. The van der Waals surface area contributed by atoms with Gasteiger partial charge in [0.1, 0.15) is 5.60 Å². The summed E-state index contributed by atoms with van der Waals surface area (Å²) in [6.45, 7) is 13.6. The first kappa shape index (κ1) is 19.7. The first-order chi connectivity index (χ1) is 9.44. The molecule has 6 nitrogen and oxygen atoms in total. The molecule has 0 rings (SSSR count). The maximum atomic E-state index is 12.1. The van der Waals surface area contributed by atoms with Crippen molar-refractivity contribution in [2.45, 2.75) is 72.1 Å². The molecule has 0 aliphatic rings. The average molecular weight is 302 g/mol. The Balaban J connectivity index is 4.68. The largest absolute Gasteiger partial charge is 0.458 e. The van der Waals surface area contributed by atoms with E-state index in [0.29, 0.717) is 6.54 Å². The molecule has 0 saturated heterocycles. The summed E-state index contributed by atoms with van der Waals surface area (Å²) in [6, 6.07) is -1.23. The molecule has 0 aliphatic heterocycles. The maximum Gasteiger partial charge on any atom is 0.331 e. The fraction of sp³-hybridized carbons (Fsp3) is 0.867. The van der Waals surface area contributed by atoms with Crippen LogP contribution in [-0.2, 0) is 14.3 Å². The molecule has 1 atom stereocenters. The van der Waals surface area contributed by atoms with E-state index in [2.05, 4.69) is 10.6 Å². The van der Waals surface area contributed by atoms with Crippen molar-refractivity contribution in [3.8, 4) is 0 Å². The predicted octanol–water partition coefficient (Wildman–Crippen LogP) is 2.22. The highest BCUT2D eigenvalue weighted by atomic mass is 16.6. The van der Waals surface area contributed by atoms with Crippen molar-refractivity contribution < 1.29 is 19.1 Å². The summed E-state index contributed by atoms with van der Waals surface area (Å²) >= 11 is 0. The van der Waals surface area contributed by atoms with Gasteiger partial charge in [0, 0.05) is 6.54 Å². The number of esters is 1. The van der Waals surface area contributed by atoms with E-state index >= 15 is 0 Å². The zero-order valence-electron chi connectivity index (χ0n) is 14.3. The zero-order chi connectivity index (χ0) is 16.7. The lowest BCUT2D eigenvalue weighted by atomic mass is 10.1. The molecule has 0 bridgehead atoms. The highest BCUT2D eigenvalue weighted by Gasteiger charge is 2.28. The molecule has 2 amide bonds. The summed E-state index contributed by atoms with van der Waals surface area (Å²) in [5, 5.41) is 5.26. The second-order valence-corrected chi connectivity index (χ2v) is 6.91. The van der Waals surface area contributed by atoms with Gasteiger partial charge in [-0.1, -0.05) is 6.92 Å². The van der Waals surface area contributed by atoms with E-state index in [9.17, 15) is 9.59 Å². The van der Waals surface area contributed by atoms with Gasteiger partial charge in [0.2, 0.25) is 0 Å². The van der Waals surface area contributed by atoms with Crippen molar-refractivity contribution in [2.75, 3.05) is 13.2 Å². The number of hydrogen-bond donors (Lipinski definition) is 2. The quantitative estimate of drug-likeness (QED) is 0.738. The first-order valence-electron chi connectivity index (χ1n) is 7.36. The fourth-order valence-corrected chi connectivity index (χ4v) is 1.32. The van der Waals surface area contributed by atoms with Gasteiger partial charge < -0.3 is 20.1 Å². The molecule has 21 heavy (non-hydrogen) atoms. The second-order valence-electron chi connectivity index (χ2n) is 6.91. The number of rotatable bonds is 6. The van der Waals surface area contributed by atoms with Crippen LogP contribution < -0.4 is 10.6 Å². The predicted molar refractivity (Wildman–Crippen MR) is 82.2 cm³/mol. The number of carbonyl (C=O) groups is 2. The van der Waals surface area contributed by atoms with Gasteiger partial charge in [-0.2, -0.15) is 0 Å². The Morgan fingerprint density at radius 2 is 1.62 bits per heavy atom. The third-order valence-electron chi connectivity index (χ3n) is 2.22. The molecule has 0 aromatic rings. The average Bonchev–Trinajstić information content (AvgIpc) is 2.28. The topological polar surface area (TPSA) is 76.7 Å². The molecule has 0 spiro atoms. The van der Waals surface area contributed by atoms with Crippen LogP contribution in [0.25, 0.3) is 0 Å². The van der Waals surface area contributed by atoms with Gasteiger partial charge in [0.25, 0.3) is 0 Å². The molecule has 0 heterocycles. The Bertz CT molecular complexity index is 343. The first-order valence-corrected chi connectivity index (χ1v) is 7.36. The van der Waals surface area contributed by atoms with Crippen molar-refractivity contribution in [1.29, 1.82) is 0 Å². The zero-order valence-corrected chi connectivity index (χ0v) is 14.3. The summed E-state index contributed by atoms with van der Waals surface area (Å²) in [4.78, 5) is 23.9. The van der Waals surface area contributed by atoms with Crippen LogP contribution in [0.2, 0.25) is 0 Å². The Morgan fingerprint density at radius 3 is 2.05 bits per heavy atom. The highest BCUT2D eigenvalue weighted by molar-refractivity contribution is 5.83. The minimum atomic E-state index is -0.833. The number of hydrogen-bond acceptors (Lipinski definition) is 4. The molecule has 0 radical (unpaired) electrons. The Kier molecular flexibility index (Phi) is 7.71. The molecule has 0 saturated carbocycles. The molecular formula is C15H30N2O4. The second kappa shape index (κ2) is 8.22. The summed E-state index contributed by atoms with van der Waals surface area (Å²) in [5.74, 6) is -0.501. The van der Waals surface area contributed by atoms with Gasteiger partial charge in [0.15, 0.2) is 6.04 Å². The summed E-state index contributed by atoms with van der Waals surface area (Å²) < 4.78 is 10.9. The van der Waals surface area contributed by atoms with Gasteiger partial charge >= 0.3 is 12.0 Å². The molecule has 0 aliphatic carbocycles. The van der Waals surface area contributed by atoms with Crippen molar-refractivity contribution in [3.05, 3.63) is 0 Å². The molecule has 0 aromatic heterocycles. The van der Waals surface area contributed by atoms with Crippen LogP contribution in [0.4, 0.5) is 4.79 Å². The van der Waals surface area contributed by atoms with E-state index in [-0.39, 0.29) is 6.61 Å². The minimum absolute atomic E-state index is 0.0674. The lowest BCUT2D eigenvalue weighted by Crippen LogP contribution is -2.51. The standard InChI is InChI=1S/C15H30N2O4/c1-8-9-16-13(19)17-11(10-20-14(2,3)4)12(18)21-15(5,6)7/h11H,8-10H2,1-7H3,(H2,16,17,19). The SMILES string of the molecule is CCCNC(=O)NC(COC(C)(C)C)C(=O)OC(C)(C)C. The van der Waals surface area contributed by atoms with Gasteiger partial charge in [-0.15, -0.1) is 0 Å². The summed E-state index contributed by atoms with van der Waals surface area (Å²) in [7, 11) is 0. The van der Waals surface area contributed by atoms with Crippen LogP contribution in [0, 0.1) is 0 Å². The van der Waals surface area contributed by atoms with Crippen LogP contribution in [0.3, 0.4) is 0 Å². The third-order valence-corrected chi connectivity index (χ3v) is 2.22. The number of ether oxygens (including phenoxy) is 2. The Labute approximate surface area is 127 Å². The van der Waals surface area contributed by atoms with E-state index in [4.69, 9.17) is 9.47 Å². The number of urea groups is 1. The molecule has 6 heteroatoms. The van der Waals surface area contributed by atoms with E-state index in [1.807, 2.05) is 27.7 Å². The molecular weight excluding hydrogens is 272 g/mol. The van der Waals surface area contributed by atoms with Gasteiger partial charge in [-0.05, 0) is 48.0 Å². The fourth-order valence-electron chi connectivity index (χ4n) is 1.32. The lowest BCUT2D eigenvalue weighted by Gasteiger charge is -2.27. The lowest BCUT2D eigenvalue weighted by molar-refractivity contribution is -0.160. The molecule has 0 aromatic carbocycles. The monoisotopic (exact) mass is 302 g/mol. The van der Waals surface area contributed by atoms with Crippen LogP contribution in [-0.4, -0.2) is 42.4 Å². The van der Waals surface area contributed by atoms with Crippen LogP contribution in [0.15, 0.2) is 0 Å². The number of amides is 2. The third kappa shape index (κ3) is 11.1. The number of carbonyl (C=O) groups excluding carboxylic acids is 2. The van der Waals surface area contributed by atoms with Crippen molar-refractivity contribution in [3.63, 3.8) is 0 Å². The van der Waals surface area contributed by atoms with Gasteiger partial charge in [-0.3, -0.25) is 0 Å². The van der Waals surface area contributed by atoms with E-state index in [0.717, 1.165) is 6.42 Å². The number of nitrogens with one attached hydrogen (secondary N) is 2. The van der Waals surface area contributed by atoms with Gasteiger partial charge in [0.05, 0.1) is 12.2 Å². The summed E-state index contributed by atoms with van der Waals surface area (Å²) in [6.07, 6.45) is 0.822. The highest BCUT2D eigenvalue weighted by Crippen LogP contribution is 2.11. The van der Waals surface area contributed by atoms with Gasteiger partial charge in [-0.25, -0.2) is 9.59 Å². The van der Waals surface area contributed by atoms with Crippen molar-refractivity contribution >= 4 is 12.0 Å². The molecule has 0 fully saturated rings. The van der Waals surface area contributed by atoms with Crippen molar-refractivity contribution in [1.82, 2.24) is 10.6 Å². The van der Waals surface area contributed by atoms with Crippen LogP contribution >= 0.6 is 0 Å². The maximum absolute atomic E-state index is 12.1. The Morgan fingerprint density at radius 1 is 1.05 bits per heavy atom. The normalized spacial score (nSPS) is 13.5. The molecule has 2 N–H and O–H groups in total.